The van der Waals surface area contributed by atoms with E-state index in [4.69, 9.17) is 47.4 Å². The van der Waals surface area contributed by atoms with Gasteiger partial charge in [-0.1, -0.05) is 60.1 Å². The van der Waals surface area contributed by atoms with E-state index in [2.05, 4.69) is 54.5 Å². The molecule has 32 unspecified atom stereocenters. The van der Waals surface area contributed by atoms with Gasteiger partial charge < -0.3 is 124 Å². The minimum Gasteiger partial charge on any atom is -0.432 e. The molecule has 0 aromatic carbocycles. The number of fused-ring (bicyclic) bond motifs is 7. The van der Waals surface area contributed by atoms with E-state index in [1.807, 2.05) is 0 Å². The molecule has 0 aromatic rings. The number of ether oxygens (including phenoxy) is 10. The van der Waals surface area contributed by atoms with Gasteiger partial charge in [-0.05, 0) is 116 Å². The summed E-state index contributed by atoms with van der Waals surface area (Å²) in [6.07, 6.45) is -29.9. The van der Waals surface area contributed by atoms with Crippen LogP contribution in [0, 0.1) is 50.2 Å². The predicted molar refractivity (Wildman–Crippen MR) is 288 cm³/mol. The topological polar surface area (TPSA) is 413 Å². The molecule has 5 saturated heterocycles. The third-order valence-corrected chi connectivity index (χ3v) is 23.1. The van der Waals surface area contributed by atoms with E-state index in [0.29, 0.717) is 38.5 Å². The SMILES string of the molecule is CC1OC(OC2C(CO)OC(OC3C(CO)OC(OC(=O)C45CCC(C)(C)CC4C4=CCC6C7(C)CCC(OC8OCC(O)C(O)C8OC8OC(CO)C(O)C(O)C8O)C(C)(C)C7CCC6(C)C4(C)CC5)C(O)C3O)C(O)C2O)C(O)C(O)C1O. The lowest BCUT2D eigenvalue weighted by Crippen LogP contribution is -2.67. The minimum atomic E-state index is -1.97. The first-order chi connectivity index (χ1) is 39.8. The first kappa shape index (κ1) is 66.2. The summed E-state index contributed by atoms with van der Waals surface area (Å²) in [5.74, 6) is -0.520. The standard InChI is InChI=1S/C59H96O26/c1-24-34(64)37(67)41(71)48(77-24)82-45-29(21-61)79-50(43(73)39(45)69)83-46-30(22-62)80-51(44(74)40(46)70)85-53(75)59-17-15-54(2,3)19-26(59)25-9-10-32-56(6)13-12-33(55(4,5)31(56)11-14-58(32,8)57(25,7)16-18-59)81-52-47(35(65)27(63)23-76-52)84-49-42(72)38(68)36(66)28(20-60)78-49/h9,24,26-52,60-74H,10-23H2,1-8H3. The van der Waals surface area contributed by atoms with Gasteiger partial charge in [-0.15, -0.1) is 0 Å². The highest BCUT2D eigenvalue weighted by molar-refractivity contribution is 5.79. The molecule has 0 aromatic heterocycles. The molecule has 5 aliphatic heterocycles. The third-order valence-electron chi connectivity index (χ3n) is 23.1. The lowest BCUT2D eigenvalue weighted by Gasteiger charge is -2.71. The summed E-state index contributed by atoms with van der Waals surface area (Å²) in [4.78, 5) is 15.2. The zero-order valence-electron chi connectivity index (χ0n) is 49.8. The average Bonchev–Trinajstić information content (AvgIpc) is 0.688. The number of hydrogen-bond donors (Lipinski definition) is 15. The van der Waals surface area contributed by atoms with Crippen molar-refractivity contribution in [3.8, 4) is 0 Å². The highest BCUT2D eigenvalue weighted by Gasteiger charge is 2.70. The van der Waals surface area contributed by atoms with Gasteiger partial charge in [0.2, 0.25) is 6.29 Å². The van der Waals surface area contributed by atoms with Crippen molar-refractivity contribution in [3.63, 3.8) is 0 Å². The normalized spacial score (nSPS) is 54.1. The van der Waals surface area contributed by atoms with Crippen LogP contribution in [0.2, 0.25) is 0 Å². The Labute approximate surface area is 494 Å². The van der Waals surface area contributed by atoms with Gasteiger partial charge in [0.1, 0.15) is 110 Å². The highest BCUT2D eigenvalue weighted by Crippen LogP contribution is 2.76. The second-order valence-electron chi connectivity index (χ2n) is 28.6. The summed E-state index contributed by atoms with van der Waals surface area (Å²) in [6.45, 7) is 14.7. The van der Waals surface area contributed by atoms with Crippen LogP contribution in [0.3, 0.4) is 0 Å². The molecular formula is C59H96O26. The van der Waals surface area contributed by atoms with Crippen molar-refractivity contribution >= 4 is 5.97 Å². The maximum Gasteiger partial charge on any atom is 0.315 e. The zero-order valence-corrected chi connectivity index (χ0v) is 49.8. The van der Waals surface area contributed by atoms with Crippen molar-refractivity contribution in [3.05, 3.63) is 11.6 Å². The molecule has 5 heterocycles. The van der Waals surface area contributed by atoms with Gasteiger partial charge in [0.05, 0.1) is 44.1 Å². The van der Waals surface area contributed by atoms with Crippen molar-refractivity contribution in [2.75, 3.05) is 26.4 Å². The van der Waals surface area contributed by atoms with Crippen LogP contribution in [-0.2, 0) is 52.2 Å². The minimum absolute atomic E-state index is 0.141. The number of rotatable bonds is 13. The number of carbonyl (C=O) groups excluding carboxylic acids is 1. The summed E-state index contributed by atoms with van der Waals surface area (Å²) in [7, 11) is 0. The van der Waals surface area contributed by atoms with E-state index in [1.165, 1.54) is 12.5 Å². The molecule has 488 valence electrons. The Kier molecular flexibility index (Phi) is 19.0. The van der Waals surface area contributed by atoms with E-state index >= 15 is 4.79 Å². The molecule has 0 amide bonds. The molecule has 0 radical (unpaired) electrons. The van der Waals surface area contributed by atoms with Gasteiger partial charge >= 0.3 is 5.97 Å². The molecule has 32 atom stereocenters. The molecule has 10 aliphatic rings. The largest absolute Gasteiger partial charge is 0.432 e. The summed E-state index contributed by atoms with van der Waals surface area (Å²) >= 11 is 0. The van der Waals surface area contributed by atoms with Crippen molar-refractivity contribution in [2.45, 2.75) is 273 Å². The molecule has 26 heteroatoms. The van der Waals surface area contributed by atoms with Gasteiger partial charge in [0.25, 0.3) is 0 Å². The average molecular weight is 1220 g/mol. The molecule has 4 saturated carbocycles. The first-order valence-corrected chi connectivity index (χ1v) is 30.6. The lowest BCUT2D eigenvalue weighted by molar-refractivity contribution is -0.377. The molecular weight excluding hydrogens is 1120 g/mol. The Bertz CT molecular complexity index is 2360. The van der Waals surface area contributed by atoms with Crippen LogP contribution < -0.4 is 0 Å². The molecule has 10 rings (SSSR count). The number of allylic oxidation sites excluding steroid dienone is 2. The van der Waals surface area contributed by atoms with Crippen LogP contribution in [0.1, 0.15) is 120 Å². The quantitative estimate of drug-likeness (QED) is 0.0513. The van der Waals surface area contributed by atoms with Crippen molar-refractivity contribution in [1.82, 2.24) is 0 Å². The van der Waals surface area contributed by atoms with Gasteiger partial charge in [-0.25, -0.2) is 0 Å². The fourth-order valence-corrected chi connectivity index (χ4v) is 17.7. The Hall–Kier alpha value is -1.75. The summed E-state index contributed by atoms with van der Waals surface area (Å²) in [5.41, 5.74) is -1.25. The second kappa shape index (κ2) is 24.4. The van der Waals surface area contributed by atoms with Crippen LogP contribution in [0.25, 0.3) is 0 Å². The lowest BCUT2D eigenvalue weighted by atomic mass is 9.33. The summed E-state index contributed by atoms with van der Waals surface area (Å²) in [5, 5.41) is 161. The molecule has 0 spiro atoms. The molecule has 0 bridgehead atoms. The molecule has 26 nitrogen and oxygen atoms in total. The van der Waals surface area contributed by atoms with Crippen LogP contribution in [0.5, 0.6) is 0 Å². The molecule has 5 aliphatic carbocycles. The number of hydrogen-bond acceptors (Lipinski definition) is 26. The zero-order chi connectivity index (χ0) is 62.0. The van der Waals surface area contributed by atoms with E-state index in [-0.39, 0.29) is 46.0 Å². The van der Waals surface area contributed by atoms with Gasteiger partial charge in [-0.3, -0.25) is 4.79 Å². The maximum absolute atomic E-state index is 15.2. The molecule has 9 fully saturated rings. The third kappa shape index (κ3) is 11.1. The van der Waals surface area contributed by atoms with Gasteiger partial charge in [0.15, 0.2) is 25.2 Å². The van der Waals surface area contributed by atoms with Crippen molar-refractivity contribution < 1.29 is 129 Å². The van der Waals surface area contributed by atoms with Gasteiger partial charge in [-0.2, -0.15) is 0 Å². The maximum atomic E-state index is 15.2. The Morgan fingerprint density at radius 1 is 0.529 bits per heavy atom. The Balaban J connectivity index is 0.827. The second-order valence-corrected chi connectivity index (χ2v) is 28.6. The highest BCUT2D eigenvalue weighted by atomic mass is 16.8. The number of esters is 1. The number of aliphatic hydroxyl groups excluding tert-OH is 15. The van der Waals surface area contributed by atoms with Gasteiger partial charge in [0, 0.05) is 0 Å². The van der Waals surface area contributed by atoms with Crippen LogP contribution in [-0.4, -0.2) is 263 Å². The molecule has 15 N–H and O–H groups in total. The monoisotopic (exact) mass is 1220 g/mol. The fraction of sp³-hybridized carbons (Fsp3) is 0.949. The summed E-state index contributed by atoms with van der Waals surface area (Å²) < 4.78 is 59.6. The Morgan fingerprint density at radius 3 is 1.67 bits per heavy atom. The van der Waals surface area contributed by atoms with Crippen molar-refractivity contribution in [2.24, 2.45) is 50.2 Å². The Morgan fingerprint density at radius 2 is 1.06 bits per heavy atom. The first-order valence-electron chi connectivity index (χ1n) is 30.6. The fourth-order valence-electron chi connectivity index (χ4n) is 17.7. The van der Waals surface area contributed by atoms with Crippen molar-refractivity contribution in [1.29, 1.82) is 0 Å². The van der Waals surface area contributed by atoms with E-state index in [9.17, 15) is 76.6 Å². The van der Waals surface area contributed by atoms with E-state index in [1.54, 1.807) is 0 Å². The molecule has 85 heavy (non-hydrogen) atoms. The predicted octanol–water partition coefficient (Wildman–Crippen LogP) is -2.54. The van der Waals surface area contributed by atoms with Crippen LogP contribution >= 0.6 is 0 Å². The number of carbonyl (C=O) groups is 1. The summed E-state index contributed by atoms with van der Waals surface area (Å²) in [6, 6.07) is 0. The number of aliphatic hydroxyl groups is 15. The van der Waals surface area contributed by atoms with E-state index < -0.39 is 190 Å². The van der Waals surface area contributed by atoms with Crippen LogP contribution in [0.15, 0.2) is 11.6 Å². The smallest absolute Gasteiger partial charge is 0.315 e. The van der Waals surface area contributed by atoms with E-state index in [0.717, 1.165) is 25.7 Å². The van der Waals surface area contributed by atoms with Crippen LogP contribution in [0.4, 0.5) is 0 Å².